The molecule has 0 amide bonds. The van der Waals surface area contributed by atoms with Crippen LogP contribution in [0.15, 0.2) is 69.6 Å². The molecule has 0 bridgehead atoms. The van der Waals surface area contributed by atoms with Crippen LogP contribution < -0.4 is 5.69 Å². The highest BCUT2D eigenvalue weighted by molar-refractivity contribution is 5.85. The van der Waals surface area contributed by atoms with E-state index in [9.17, 15) is 30.2 Å². The van der Waals surface area contributed by atoms with Gasteiger partial charge < -0.3 is 15.3 Å². The molecule has 1 heterocycles. The second kappa shape index (κ2) is 12.6. The number of phenols is 1. The number of imidazole rings is 1. The van der Waals surface area contributed by atoms with Crippen LogP contribution in [0.1, 0.15) is 71.6 Å². The van der Waals surface area contributed by atoms with Crippen molar-refractivity contribution in [3.05, 3.63) is 91.9 Å². The SMILES string of the molecule is CC(C)(C)CC(C)(C)c1cc(N=Nc2cc3c(cc2[N+](=O)[O-])n(CCO)c(=O)n3CCO)c(O)c(C(C)(C)c2ccccc2)c1. The van der Waals surface area contributed by atoms with Crippen LogP contribution in [-0.4, -0.2) is 42.6 Å². The Hall–Kier alpha value is -4.35. The van der Waals surface area contributed by atoms with Crippen molar-refractivity contribution < 1.29 is 20.2 Å². The predicted molar refractivity (Wildman–Crippen MR) is 175 cm³/mol. The third kappa shape index (κ3) is 6.84. The molecule has 45 heavy (non-hydrogen) atoms. The molecule has 0 atom stereocenters. The first-order valence-corrected chi connectivity index (χ1v) is 15.0. The molecular formula is C34H43N5O6. The van der Waals surface area contributed by atoms with Gasteiger partial charge in [-0.05, 0) is 40.5 Å². The maximum absolute atomic E-state index is 13.0. The van der Waals surface area contributed by atoms with E-state index in [1.807, 2.05) is 50.2 Å². The fraction of sp³-hybridized carbons (Fsp3) is 0.441. The Balaban J connectivity index is 1.96. The molecule has 11 heteroatoms. The second-order valence-corrected chi connectivity index (χ2v) is 13.8. The van der Waals surface area contributed by atoms with Crippen LogP contribution in [-0.2, 0) is 23.9 Å². The van der Waals surface area contributed by atoms with Gasteiger partial charge in [0.2, 0.25) is 0 Å². The minimum atomic E-state index is -0.621. The Morgan fingerprint density at radius 2 is 1.36 bits per heavy atom. The molecule has 4 rings (SSSR count). The Morgan fingerprint density at radius 1 is 0.800 bits per heavy atom. The van der Waals surface area contributed by atoms with E-state index >= 15 is 0 Å². The summed E-state index contributed by atoms with van der Waals surface area (Å²) in [5.41, 5.74) is 1.29. The van der Waals surface area contributed by atoms with E-state index < -0.39 is 21.7 Å². The van der Waals surface area contributed by atoms with Crippen LogP contribution in [0.4, 0.5) is 17.1 Å². The number of fused-ring (bicyclic) bond motifs is 1. The van der Waals surface area contributed by atoms with Crippen molar-refractivity contribution >= 4 is 28.1 Å². The molecule has 11 nitrogen and oxygen atoms in total. The van der Waals surface area contributed by atoms with Gasteiger partial charge in [0.25, 0.3) is 5.69 Å². The van der Waals surface area contributed by atoms with E-state index in [1.165, 1.54) is 21.3 Å². The zero-order valence-corrected chi connectivity index (χ0v) is 27.0. The number of azo groups is 1. The Kier molecular flexibility index (Phi) is 9.37. The van der Waals surface area contributed by atoms with Crippen LogP contribution in [0.25, 0.3) is 11.0 Å². The molecule has 3 aromatic carbocycles. The molecule has 0 aliphatic carbocycles. The van der Waals surface area contributed by atoms with Gasteiger partial charge in [-0.15, -0.1) is 10.2 Å². The van der Waals surface area contributed by atoms with E-state index in [0.29, 0.717) is 11.1 Å². The van der Waals surface area contributed by atoms with E-state index in [2.05, 4.69) is 44.8 Å². The molecular weight excluding hydrogens is 574 g/mol. The lowest BCUT2D eigenvalue weighted by molar-refractivity contribution is -0.384. The summed E-state index contributed by atoms with van der Waals surface area (Å²) in [4.78, 5) is 24.6. The van der Waals surface area contributed by atoms with E-state index in [4.69, 9.17) is 0 Å². The van der Waals surface area contributed by atoms with Crippen molar-refractivity contribution in [3.8, 4) is 5.75 Å². The average molecular weight is 618 g/mol. The second-order valence-electron chi connectivity index (χ2n) is 13.8. The van der Waals surface area contributed by atoms with Gasteiger partial charge in [0.15, 0.2) is 5.69 Å². The summed E-state index contributed by atoms with van der Waals surface area (Å²) in [6.45, 7) is 14.0. The van der Waals surface area contributed by atoms with Gasteiger partial charge in [0.1, 0.15) is 11.4 Å². The Morgan fingerprint density at radius 3 is 1.89 bits per heavy atom. The number of rotatable bonds is 11. The molecule has 1 aromatic heterocycles. The number of benzene rings is 3. The smallest absolute Gasteiger partial charge is 0.329 e. The molecule has 240 valence electrons. The van der Waals surface area contributed by atoms with Crippen LogP contribution in [0, 0.1) is 15.5 Å². The highest BCUT2D eigenvalue weighted by Crippen LogP contribution is 2.47. The maximum atomic E-state index is 13.0. The largest absolute Gasteiger partial charge is 0.505 e. The number of aromatic nitrogens is 2. The molecule has 0 radical (unpaired) electrons. The van der Waals surface area contributed by atoms with Crippen LogP contribution >= 0.6 is 0 Å². The summed E-state index contributed by atoms with van der Waals surface area (Å²) in [6.07, 6.45) is 0.835. The predicted octanol–water partition coefficient (Wildman–Crippen LogP) is 6.86. The first-order valence-electron chi connectivity index (χ1n) is 15.0. The Labute approximate surface area is 262 Å². The zero-order chi connectivity index (χ0) is 33.3. The van der Waals surface area contributed by atoms with Gasteiger partial charge in [-0.2, -0.15) is 0 Å². The average Bonchev–Trinajstić information content (AvgIpc) is 3.20. The topological polar surface area (TPSA) is 155 Å². The number of phenolic OH excluding ortho intramolecular Hbond substituents is 1. The van der Waals surface area contributed by atoms with Gasteiger partial charge >= 0.3 is 5.69 Å². The van der Waals surface area contributed by atoms with Gasteiger partial charge in [-0.3, -0.25) is 19.2 Å². The monoisotopic (exact) mass is 617 g/mol. The normalized spacial score (nSPS) is 12.8. The number of nitro groups is 1. The third-order valence-electron chi connectivity index (χ3n) is 8.24. The molecule has 0 unspecified atom stereocenters. The van der Waals surface area contributed by atoms with Crippen molar-refractivity contribution in [2.24, 2.45) is 15.6 Å². The number of hydrogen-bond acceptors (Lipinski definition) is 8. The number of aliphatic hydroxyl groups is 2. The lowest BCUT2D eigenvalue weighted by atomic mass is 9.70. The molecule has 0 aliphatic heterocycles. The van der Waals surface area contributed by atoms with E-state index in [0.717, 1.165) is 17.5 Å². The first kappa shape index (κ1) is 33.5. The lowest BCUT2D eigenvalue weighted by Crippen LogP contribution is -2.26. The number of aromatic hydroxyl groups is 1. The van der Waals surface area contributed by atoms with E-state index in [-0.39, 0.29) is 59.8 Å². The maximum Gasteiger partial charge on any atom is 0.329 e. The van der Waals surface area contributed by atoms with Crippen molar-refractivity contribution in [1.29, 1.82) is 0 Å². The number of aliphatic hydroxyl groups excluding tert-OH is 2. The van der Waals surface area contributed by atoms with Gasteiger partial charge in [-0.25, -0.2) is 4.79 Å². The molecule has 0 spiro atoms. The van der Waals surface area contributed by atoms with E-state index in [1.54, 1.807) is 6.07 Å². The fourth-order valence-electron chi connectivity index (χ4n) is 6.31. The lowest BCUT2D eigenvalue weighted by Gasteiger charge is -2.35. The summed E-state index contributed by atoms with van der Waals surface area (Å²) in [5, 5.41) is 51.6. The van der Waals surface area contributed by atoms with Crippen molar-refractivity contribution in [2.75, 3.05) is 13.2 Å². The summed E-state index contributed by atoms with van der Waals surface area (Å²) in [7, 11) is 0. The summed E-state index contributed by atoms with van der Waals surface area (Å²) >= 11 is 0. The van der Waals surface area contributed by atoms with Crippen molar-refractivity contribution in [2.45, 2.75) is 78.8 Å². The minimum absolute atomic E-state index is 0.00495. The first-order chi connectivity index (χ1) is 21.0. The Bertz CT molecular complexity index is 1800. The van der Waals surface area contributed by atoms with Crippen LogP contribution in [0.3, 0.4) is 0 Å². The molecule has 0 fully saturated rings. The van der Waals surface area contributed by atoms with Crippen molar-refractivity contribution in [1.82, 2.24) is 9.13 Å². The van der Waals surface area contributed by atoms with Gasteiger partial charge in [0.05, 0.1) is 42.3 Å². The van der Waals surface area contributed by atoms with Gasteiger partial charge in [0, 0.05) is 17.0 Å². The quantitative estimate of drug-likeness (QED) is 0.0949. The molecule has 0 aliphatic rings. The molecule has 0 saturated heterocycles. The van der Waals surface area contributed by atoms with Crippen LogP contribution in [0.2, 0.25) is 0 Å². The number of nitro benzene ring substituents is 1. The molecule has 4 aromatic rings. The molecule has 0 saturated carbocycles. The van der Waals surface area contributed by atoms with Gasteiger partial charge in [-0.1, -0.05) is 84.9 Å². The summed E-state index contributed by atoms with van der Waals surface area (Å²) in [5.74, 6) is -0.0852. The number of hydrogen-bond donors (Lipinski definition) is 3. The summed E-state index contributed by atoms with van der Waals surface area (Å²) in [6, 6.07) is 16.2. The number of nitrogens with zero attached hydrogens (tertiary/aromatic N) is 5. The highest BCUT2D eigenvalue weighted by atomic mass is 16.6. The van der Waals surface area contributed by atoms with Crippen LogP contribution in [0.5, 0.6) is 5.75 Å². The standard InChI is InChI=1S/C34H43N5O6/c1-32(2,3)21-33(4,5)23-17-24(34(6,7)22-11-9-8-10-12-22)30(42)26(18-23)36-35-25-19-28-29(20-27(25)39(44)45)38(14-16-41)31(43)37(28)13-15-40/h8-12,17-20,40-42H,13-16,21H2,1-7H3. The zero-order valence-electron chi connectivity index (χ0n) is 27.0. The minimum Gasteiger partial charge on any atom is -0.505 e. The summed E-state index contributed by atoms with van der Waals surface area (Å²) < 4.78 is 2.50. The molecule has 3 N–H and O–H groups in total. The van der Waals surface area contributed by atoms with Crippen molar-refractivity contribution in [3.63, 3.8) is 0 Å². The fourth-order valence-corrected chi connectivity index (χ4v) is 6.31. The third-order valence-corrected chi connectivity index (χ3v) is 8.24. The highest BCUT2D eigenvalue weighted by Gasteiger charge is 2.33.